The molecule has 78 heavy (non-hydrogen) atoms. The van der Waals surface area contributed by atoms with Crippen LogP contribution >= 0.6 is 11.3 Å². The highest BCUT2D eigenvalue weighted by atomic mass is 32.1. The Morgan fingerprint density at radius 3 is 2.42 bits per heavy atom. The smallest absolute Gasteiger partial charge is 0.254 e. The van der Waals surface area contributed by atoms with Crippen molar-refractivity contribution in [3.63, 3.8) is 0 Å². The molecular formula is C59H73N11O7S. The number of nitrogen functional groups attached to an aromatic ring is 1. The molecule has 5 aliphatic rings. The molecule has 1 aliphatic carbocycles. The number of carbonyl (C=O) groups excluding carboxylic acids is 2. The van der Waals surface area contributed by atoms with E-state index in [1.807, 2.05) is 81.9 Å². The van der Waals surface area contributed by atoms with Crippen molar-refractivity contribution in [1.29, 1.82) is 0 Å². The van der Waals surface area contributed by atoms with Crippen LogP contribution in [0, 0.1) is 24.7 Å². The molecule has 8 heterocycles. The second kappa shape index (κ2) is 22.9. The molecule has 2 amide bonds. The molecule has 5 fully saturated rings. The number of phenolic OH excluding ortho intramolecular Hbond substituents is 1. The van der Waals surface area contributed by atoms with Gasteiger partial charge in [0.1, 0.15) is 23.8 Å². The number of fused-ring (bicyclic) bond motifs is 2. The summed E-state index contributed by atoms with van der Waals surface area (Å²) in [4.78, 5) is 47.2. The van der Waals surface area contributed by atoms with Crippen LogP contribution < -0.4 is 30.3 Å². The number of aryl methyl sites for hydroxylation is 1. The number of rotatable bonds is 18. The third kappa shape index (κ3) is 11.4. The average molecular weight is 1080 g/mol. The molecule has 5 N–H and O–H groups in total. The summed E-state index contributed by atoms with van der Waals surface area (Å²) in [7, 11) is 0. The van der Waals surface area contributed by atoms with Crippen LogP contribution in [0.15, 0.2) is 89.0 Å². The number of pyridine rings is 1. The molecule has 19 heteroatoms. The number of benzene rings is 2. The van der Waals surface area contributed by atoms with Gasteiger partial charge in [0, 0.05) is 80.3 Å². The number of aromatic hydroxyl groups is 1. The van der Waals surface area contributed by atoms with Crippen LogP contribution in [0.2, 0.25) is 0 Å². The lowest BCUT2D eigenvalue weighted by molar-refractivity contribution is -0.141. The summed E-state index contributed by atoms with van der Waals surface area (Å²) >= 11 is 1.60. The number of likely N-dealkylation sites (tertiary alicyclic amines) is 2. The number of amides is 2. The van der Waals surface area contributed by atoms with E-state index in [1.54, 1.807) is 29.5 Å². The number of piperazine rings is 1. The van der Waals surface area contributed by atoms with E-state index in [0.717, 1.165) is 104 Å². The SMILES string of the molecule is Cc1ncsc1-c1ccc([C@H](C)NC(=O)[C@@H]2C[C@@H](O)CN2C(=O)[C@@H](c2cc(OCC[C@H]3CCN(C[C@H]4C[C@H](Oc5cc(N6C7CCC6CN(c6cc(-c8ccccc8O)nnc6N)C7)ccn5)C4)[C@@H](C)C3)no2)C(C)C)cc1. The Balaban J connectivity index is 0.610. The normalized spacial score (nSPS) is 25.0. The number of hydrogen-bond acceptors (Lipinski definition) is 17. The van der Waals surface area contributed by atoms with Crippen molar-refractivity contribution in [2.75, 3.05) is 54.9 Å². The molecule has 4 aliphatic heterocycles. The Hall–Kier alpha value is -6.83. The van der Waals surface area contributed by atoms with Crippen molar-refractivity contribution in [3.05, 3.63) is 102 Å². The van der Waals surface area contributed by atoms with Crippen LogP contribution in [0.3, 0.4) is 0 Å². The zero-order valence-corrected chi connectivity index (χ0v) is 46.1. The van der Waals surface area contributed by atoms with Crippen molar-refractivity contribution in [1.82, 2.24) is 40.4 Å². The fourth-order valence-corrected chi connectivity index (χ4v) is 13.6. The molecule has 2 unspecified atom stereocenters. The standard InChI is InChI=1S/C59H73N11O7S/c1-34(2)55(59(74)69-32-45(71)26-50(69)58(73)63-36(4)40-10-12-41(13-11-40)56-37(5)62-33-78-56)52-28-54(66-77-52)75-21-18-38-17-20-67(35(3)22-38)29-39-23-46(24-39)76-53-25-42(16-19-61-53)70-43-14-15-44(70)31-68(30-43)49-27-48(64-65-57(49)60)47-8-6-7-9-51(47)72/h6-13,16,19,25,27-28,33-36,38-39,43-46,50,55,71-72H,14-15,17-18,20-24,26,29-32H2,1-5H3,(H2,60,65)(H,63,73)/t35-,36-,38+,39-,43?,44?,45+,46-,50-,55+/m0/s1. The van der Waals surface area contributed by atoms with Gasteiger partial charge < -0.3 is 54.9 Å². The van der Waals surface area contributed by atoms with Crippen LogP contribution in [-0.4, -0.2) is 133 Å². The van der Waals surface area contributed by atoms with Crippen LogP contribution in [0.4, 0.5) is 17.2 Å². The van der Waals surface area contributed by atoms with E-state index in [-0.39, 0.29) is 48.6 Å². The predicted molar refractivity (Wildman–Crippen MR) is 299 cm³/mol. The first-order valence-electron chi connectivity index (χ1n) is 27.9. The number of nitrogens with two attached hydrogens (primary N) is 1. The zero-order chi connectivity index (χ0) is 54.2. The largest absolute Gasteiger partial charge is 0.507 e. The average Bonchev–Trinajstić information content (AvgIpc) is 4.34. The van der Waals surface area contributed by atoms with E-state index >= 15 is 0 Å². The summed E-state index contributed by atoms with van der Waals surface area (Å²) in [5, 5.41) is 37.1. The summed E-state index contributed by atoms with van der Waals surface area (Å²) < 4.78 is 18.4. The predicted octanol–water partition coefficient (Wildman–Crippen LogP) is 8.41. The third-order valence-corrected chi connectivity index (χ3v) is 18.1. The van der Waals surface area contributed by atoms with Gasteiger partial charge in [-0.3, -0.25) is 9.59 Å². The minimum atomic E-state index is -0.821. The number of carbonyl (C=O) groups is 2. The first kappa shape index (κ1) is 53.2. The van der Waals surface area contributed by atoms with Gasteiger partial charge in [0.2, 0.25) is 17.7 Å². The number of anilines is 3. The minimum Gasteiger partial charge on any atom is -0.507 e. The number of aromatic nitrogens is 5. The van der Waals surface area contributed by atoms with Crippen molar-refractivity contribution in [3.8, 4) is 39.2 Å². The van der Waals surface area contributed by atoms with Crippen molar-refractivity contribution in [2.45, 2.75) is 134 Å². The van der Waals surface area contributed by atoms with E-state index < -0.39 is 18.1 Å². The van der Waals surface area contributed by atoms with Crippen LogP contribution in [0.5, 0.6) is 17.5 Å². The molecule has 412 valence electrons. The highest BCUT2D eigenvalue weighted by Gasteiger charge is 2.45. The molecule has 1 saturated carbocycles. The van der Waals surface area contributed by atoms with Crippen LogP contribution in [0.1, 0.15) is 108 Å². The van der Waals surface area contributed by atoms with E-state index in [9.17, 15) is 19.8 Å². The summed E-state index contributed by atoms with van der Waals surface area (Å²) in [6.07, 6.45) is 8.65. The third-order valence-electron chi connectivity index (χ3n) is 17.1. The first-order chi connectivity index (χ1) is 37.7. The minimum absolute atomic E-state index is 0.0623. The maximum Gasteiger partial charge on any atom is 0.254 e. The highest BCUT2D eigenvalue weighted by Crippen LogP contribution is 2.41. The number of piperidine rings is 1. The molecule has 8 atom stereocenters. The maximum absolute atomic E-state index is 14.3. The van der Waals surface area contributed by atoms with Gasteiger partial charge >= 0.3 is 0 Å². The number of hydrogen-bond donors (Lipinski definition) is 4. The van der Waals surface area contributed by atoms with E-state index in [1.165, 1.54) is 4.90 Å². The fourth-order valence-electron chi connectivity index (χ4n) is 12.8. The summed E-state index contributed by atoms with van der Waals surface area (Å²) in [6, 6.07) is 23.0. The van der Waals surface area contributed by atoms with Crippen molar-refractivity contribution < 1.29 is 33.8 Å². The van der Waals surface area contributed by atoms with Gasteiger partial charge in [0.05, 0.1) is 46.2 Å². The number of β-amino-alcohol motifs (C(OH)–C–C–N with tert-alkyl or cyclic N) is 1. The van der Waals surface area contributed by atoms with E-state index in [4.69, 9.17) is 19.7 Å². The number of aliphatic hydroxyl groups is 1. The van der Waals surface area contributed by atoms with Crippen LogP contribution in [-0.2, 0) is 9.59 Å². The van der Waals surface area contributed by atoms with Crippen molar-refractivity contribution in [2.24, 2.45) is 17.8 Å². The van der Waals surface area contributed by atoms with Gasteiger partial charge in [-0.1, -0.05) is 50.2 Å². The molecule has 0 spiro atoms. The van der Waals surface area contributed by atoms with Gasteiger partial charge in [0.25, 0.3) is 5.88 Å². The monoisotopic (exact) mass is 1080 g/mol. The maximum atomic E-state index is 14.3. The molecule has 0 radical (unpaired) electrons. The Labute approximate surface area is 460 Å². The fraction of sp³-hybridized carbons (Fsp3) is 0.508. The lowest BCUT2D eigenvalue weighted by atomic mass is 9.80. The molecule has 18 nitrogen and oxygen atoms in total. The number of nitrogens with one attached hydrogen (secondary N) is 1. The van der Waals surface area contributed by atoms with Gasteiger partial charge in [0.15, 0.2) is 11.6 Å². The Kier molecular flexibility index (Phi) is 15.6. The molecule has 4 saturated heterocycles. The summed E-state index contributed by atoms with van der Waals surface area (Å²) in [6.45, 7) is 14.4. The Bertz CT molecular complexity index is 3040. The molecule has 11 rings (SSSR count). The second-order valence-corrected chi connectivity index (χ2v) is 23.7. The molecule has 2 bridgehead atoms. The summed E-state index contributed by atoms with van der Waals surface area (Å²) in [5.41, 5.74) is 14.5. The number of ether oxygens (including phenoxy) is 2. The Morgan fingerprint density at radius 1 is 0.910 bits per heavy atom. The van der Waals surface area contributed by atoms with Gasteiger partial charge in [-0.25, -0.2) is 9.97 Å². The van der Waals surface area contributed by atoms with E-state index in [2.05, 4.69) is 64.4 Å². The van der Waals surface area contributed by atoms with E-state index in [0.29, 0.717) is 71.2 Å². The van der Waals surface area contributed by atoms with Crippen LogP contribution in [0.25, 0.3) is 21.7 Å². The lowest BCUT2D eigenvalue weighted by Crippen LogP contribution is -2.54. The first-order valence-corrected chi connectivity index (χ1v) is 28.8. The van der Waals surface area contributed by atoms with Gasteiger partial charge in [-0.05, 0) is 131 Å². The lowest BCUT2D eigenvalue weighted by Gasteiger charge is -2.44. The van der Waals surface area contributed by atoms with Gasteiger partial charge in [-0.2, -0.15) is 0 Å². The number of aliphatic hydroxyl groups excluding tert-OH is 1. The number of para-hydroxylation sites is 1. The summed E-state index contributed by atoms with van der Waals surface area (Å²) in [5.74, 6) is 1.62. The number of nitrogens with zero attached hydrogens (tertiary/aromatic N) is 9. The highest BCUT2D eigenvalue weighted by molar-refractivity contribution is 7.13. The Morgan fingerprint density at radius 2 is 1.69 bits per heavy atom. The number of thiazole rings is 1. The number of phenols is 1. The quantitative estimate of drug-likeness (QED) is 0.0634. The molecule has 4 aromatic heterocycles. The second-order valence-electron chi connectivity index (χ2n) is 22.8. The topological polar surface area (TPSA) is 222 Å². The van der Waals surface area contributed by atoms with Crippen molar-refractivity contribution >= 4 is 40.3 Å². The molecule has 6 aromatic rings. The van der Waals surface area contributed by atoms with Gasteiger partial charge in [-0.15, -0.1) is 21.5 Å². The zero-order valence-electron chi connectivity index (χ0n) is 45.3. The molecular weight excluding hydrogens is 1010 g/mol. The molecule has 2 aromatic carbocycles.